The van der Waals surface area contributed by atoms with E-state index in [-0.39, 0.29) is 30.8 Å². The first kappa shape index (κ1) is 21.4. The molecule has 2 N–H and O–H groups in total. The van der Waals surface area contributed by atoms with E-state index in [4.69, 9.17) is 10.5 Å². The molecule has 1 aromatic carbocycles. The Balaban J connectivity index is 0.00000484. The molecule has 1 atom stereocenters. The highest BCUT2D eigenvalue weighted by atomic mass is 35.5. The molecule has 0 spiro atoms. The van der Waals surface area contributed by atoms with Crippen molar-refractivity contribution in [2.45, 2.75) is 12.5 Å². The third kappa shape index (κ3) is 7.45. The number of carbonyl (C=O) groups is 2. The molecule has 1 aromatic rings. The van der Waals surface area contributed by atoms with Gasteiger partial charge in [-0.2, -0.15) is 0 Å². The Bertz CT molecular complexity index is 483. The van der Waals surface area contributed by atoms with Crippen molar-refractivity contribution in [3.05, 3.63) is 35.9 Å². The monoisotopic (exact) mass is 343 g/mol. The van der Waals surface area contributed by atoms with Crippen LogP contribution in [0.3, 0.4) is 0 Å². The molecule has 0 saturated carbocycles. The summed E-state index contributed by atoms with van der Waals surface area (Å²) in [6.07, 6.45) is 0.444. The molecule has 0 fully saturated rings. The van der Waals surface area contributed by atoms with Crippen LogP contribution in [0, 0.1) is 0 Å². The van der Waals surface area contributed by atoms with E-state index in [1.807, 2.05) is 30.3 Å². The topological polar surface area (TPSA) is 75.9 Å². The Hall–Kier alpha value is -1.63. The molecular formula is C16H26ClN3O3. The Labute approximate surface area is 144 Å². The van der Waals surface area contributed by atoms with Crippen molar-refractivity contribution in [2.75, 3.05) is 40.9 Å². The predicted molar refractivity (Wildman–Crippen MR) is 92.5 cm³/mol. The van der Waals surface area contributed by atoms with Gasteiger partial charge in [-0.25, -0.2) is 0 Å². The molecule has 0 aromatic heterocycles. The highest BCUT2D eigenvalue weighted by molar-refractivity contribution is 5.87. The van der Waals surface area contributed by atoms with Gasteiger partial charge in [-0.05, 0) is 12.0 Å². The standard InChI is InChI=1S/C16H25N3O3.ClH/c1-18(2)15(20)12-19(9-10-22-3)16(21)14(17)11-13-7-5-4-6-8-13;/h4-8,14H,9-12,17H2,1-3H3;1H/t14-;/m0./s1. The fraction of sp³-hybridized carbons (Fsp3) is 0.500. The summed E-state index contributed by atoms with van der Waals surface area (Å²) in [4.78, 5) is 27.3. The third-order valence-corrected chi connectivity index (χ3v) is 3.32. The largest absolute Gasteiger partial charge is 0.383 e. The van der Waals surface area contributed by atoms with Gasteiger partial charge in [0.05, 0.1) is 19.2 Å². The molecule has 0 radical (unpaired) electrons. The van der Waals surface area contributed by atoms with Gasteiger partial charge in [0.25, 0.3) is 0 Å². The van der Waals surface area contributed by atoms with E-state index in [0.717, 1.165) is 5.56 Å². The number of likely N-dealkylation sites (N-methyl/N-ethyl adjacent to an activating group) is 1. The number of nitrogens with two attached hydrogens (primary N) is 1. The van der Waals surface area contributed by atoms with Crippen molar-refractivity contribution >= 4 is 24.2 Å². The zero-order valence-corrected chi connectivity index (χ0v) is 14.7. The van der Waals surface area contributed by atoms with Gasteiger partial charge in [0, 0.05) is 27.7 Å². The lowest BCUT2D eigenvalue weighted by Gasteiger charge is -2.26. The molecule has 23 heavy (non-hydrogen) atoms. The molecule has 7 heteroatoms. The van der Waals surface area contributed by atoms with E-state index in [1.54, 1.807) is 21.2 Å². The van der Waals surface area contributed by atoms with E-state index in [1.165, 1.54) is 9.80 Å². The first-order chi connectivity index (χ1) is 10.5. The molecule has 130 valence electrons. The molecule has 0 aliphatic carbocycles. The maximum Gasteiger partial charge on any atom is 0.241 e. The van der Waals surface area contributed by atoms with E-state index in [9.17, 15) is 9.59 Å². The van der Waals surface area contributed by atoms with E-state index in [0.29, 0.717) is 19.6 Å². The molecule has 0 bridgehead atoms. The molecule has 0 heterocycles. The van der Waals surface area contributed by atoms with Crippen LogP contribution in [0.2, 0.25) is 0 Å². The Morgan fingerprint density at radius 2 is 1.83 bits per heavy atom. The minimum atomic E-state index is -0.672. The van der Waals surface area contributed by atoms with E-state index >= 15 is 0 Å². The molecule has 0 unspecified atom stereocenters. The fourth-order valence-electron chi connectivity index (χ4n) is 1.96. The highest BCUT2D eigenvalue weighted by Gasteiger charge is 2.23. The summed E-state index contributed by atoms with van der Waals surface area (Å²) in [5, 5.41) is 0. The van der Waals surface area contributed by atoms with Crippen molar-refractivity contribution in [3.63, 3.8) is 0 Å². The molecule has 0 saturated heterocycles. The van der Waals surface area contributed by atoms with Crippen LogP contribution < -0.4 is 5.73 Å². The van der Waals surface area contributed by atoms with Gasteiger partial charge >= 0.3 is 0 Å². The second-order valence-electron chi connectivity index (χ2n) is 5.34. The van der Waals surface area contributed by atoms with Crippen LogP contribution in [0.4, 0.5) is 0 Å². The van der Waals surface area contributed by atoms with Gasteiger partial charge in [-0.3, -0.25) is 9.59 Å². The number of methoxy groups -OCH3 is 1. The zero-order valence-electron chi connectivity index (χ0n) is 13.9. The Morgan fingerprint density at radius 1 is 1.22 bits per heavy atom. The van der Waals surface area contributed by atoms with Crippen molar-refractivity contribution in [1.29, 1.82) is 0 Å². The molecular weight excluding hydrogens is 318 g/mol. The lowest BCUT2D eigenvalue weighted by atomic mass is 10.1. The lowest BCUT2D eigenvalue weighted by Crippen LogP contribution is -2.49. The van der Waals surface area contributed by atoms with Crippen molar-refractivity contribution in [2.24, 2.45) is 5.73 Å². The second kappa shape index (κ2) is 11.0. The van der Waals surface area contributed by atoms with Crippen LogP contribution in [0.5, 0.6) is 0 Å². The van der Waals surface area contributed by atoms with Gasteiger partial charge < -0.3 is 20.3 Å². The SMILES string of the molecule is COCCN(CC(=O)N(C)C)C(=O)[C@@H](N)Cc1ccccc1.Cl. The van der Waals surface area contributed by atoms with Crippen molar-refractivity contribution < 1.29 is 14.3 Å². The van der Waals surface area contributed by atoms with Gasteiger partial charge in [0.1, 0.15) is 0 Å². The predicted octanol–water partition coefficient (Wildman–Crippen LogP) is 0.541. The van der Waals surface area contributed by atoms with Gasteiger partial charge in [-0.15, -0.1) is 12.4 Å². The molecule has 2 amide bonds. The quantitative estimate of drug-likeness (QED) is 0.747. The van der Waals surface area contributed by atoms with E-state index in [2.05, 4.69) is 0 Å². The second-order valence-corrected chi connectivity index (χ2v) is 5.34. The Kier molecular flexibility index (Phi) is 10.2. The first-order valence-electron chi connectivity index (χ1n) is 7.23. The molecule has 0 aliphatic rings. The summed E-state index contributed by atoms with van der Waals surface area (Å²) in [6.45, 7) is 0.722. The van der Waals surface area contributed by atoms with Crippen molar-refractivity contribution in [3.8, 4) is 0 Å². The summed E-state index contributed by atoms with van der Waals surface area (Å²) in [5.41, 5.74) is 7.01. The number of amides is 2. The normalized spacial score (nSPS) is 11.3. The minimum Gasteiger partial charge on any atom is -0.383 e. The van der Waals surface area contributed by atoms with Crippen LogP contribution in [-0.4, -0.2) is 68.6 Å². The number of nitrogens with zero attached hydrogens (tertiary/aromatic N) is 2. The zero-order chi connectivity index (χ0) is 16.5. The maximum absolute atomic E-state index is 12.5. The number of rotatable bonds is 8. The van der Waals surface area contributed by atoms with Crippen LogP contribution >= 0.6 is 12.4 Å². The van der Waals surface area contributed by atoms with Gasteiger partial charge in [0.15, 0.2) is 0 Å². The third-order valence-electron chi connectivity index (χ3n) is 3.32. The van der Waals surface area contributed by atoms with Crippen LogP contribution in [0.25, 0.3) is 0 Å². The summed E-state index contributed by atoms with van der Waals surface area (Å²) in [6, 6.07) is 8.91. The average molecular weight is 344 g/mol. The average Bonchev–Trinajstić information content (AvgIpc) is 2.51. The van der Waals surface area contributed by atoms with Crippen LogP contribution in [0.15, 0.2) is 30.3 Å². The number of carbonyl (C=O) groups excluding carboxylic acids is 2. The summed E-state index contributed by atoms with van der Waals surface area (Å²) in [5.74, 6) is -0.382. The number of hydrogen-bond acceptors (Lipinski definition) is 4. The first-order valence-corrected chi connectivity index (χ1v) is 7.23. The number of hydrogen-bond donors (Lipinski definition) is 1. The maximum atomic E-state index is 12.5. The lowest BCUT2D eigenvalue weighted by molar-refractivity contribution is -0.140. The molecule has 0 aliphatic heterocycles. The highest BCUT2D eigenvalue weighted by Crippen LogP contribution is 2.05. The van der Waals surface area contributed by atoms with E-state index < -0.39 is 6.04 Å². The van der Waals surface area contributed by atoms with Crippen LogP contribution in [-0.2, 0) is 20.7 Å². The molecule has 1 rings (SSSR count). The number of halogens is 1. The minimum absolute atomic E-state index is 0. The summed E-state index contributed by atoms with van der Waals surface area (Å²) in [7, 11) is 4.87. The van der Waals surface area contributed by atoms with Gasteiger partial charge in [-0.1, -0.05) is 30.3 Å². The number of ether oxygens (including phenoxy) is 1. The molecule has 6 nitrogen and oxygen atoms in total. The smallest absolute Gasteiger partial charge is 0.241 e. The van der Waals surface area contributed by atoms with Gasteiger partial charge in [0.2, 0.25) is 11.8 Å². The van der Waals surface area contributed by atoms with Crippen LogP contribution in [0.1, 0.15) is 5.56 Å². The number of benzene rings is 1. The van der Waals surface area contributed by atoms with Crippen molar-refractivity contribution in [1.82, 2.24) is 9.80 Å². The summed E-state index contributed by atoms with van der Waals surface area (Å²) < 4.78 is 5.00. The fourth-order valence-corrected chi connectivity index (χ4v) is 1.96. The Morgan fingerprint density at radius 3 is 2.35 bits per heavy atom. The summed E-state index contributed by atoms with van der Waals surface area (Å²) >= 11 is 0.